The number of imide groups is 1. The molecule has 0 bridgehead atoms. The van der Waals surface area contributed by atoms with Crippen molar-refractivity contribution >= 4 is 23.5 Å². The summed E-state index contributed by atoms with van der Waals surface area (Å²) in [4.78, 5) is 38.5. The van der Waals surface area contributed by atoms with Crippen molar-refractivity contribution in [2.75, 3.05) is 18.0 Å². The van der Waals surface area contributed by atoms with Crippen LogP contribution >= 0.6 is 0 Å². The lowest BCUT2D eigenvalue weighted by atomic mass is 10.2. The van der Waals surface area contributed by atoms with Crippen LogP contribution < -0.4 is 15.0 Å². The van der Waals surface area contributed by atoms with Gasteiger partial charge in [-0.2, -0.15) is 0 Å². The Balaban J connectivity index is 1.66. The molecule has 10 heteroatoms. The summed E-state index contributed by atoms with van der Waals surface area (Å²) in [7, 11) is 0. The number of carbonyl (C=O) groups excluding carboxylic acids is 3. The van der Waals surface area contributed by atoms with Gasteiger partial charge in [0.1, 0.15) is 11.8 Å². The van der Waals surface area contributed by atoms with Crippen molar-refractivity contribution in [3.05, 3.63) is 24.3 Å². The predicted molar refractivity (Wildman–Crippen MR) is 83.4 cm³/mol. The monoisotopic (exact) mass is 371 g/mol. The summed E-state index contributed by atoms with van der Waals surface area (Å²) in [5.41, 5.74) is 0.241. The molecule has 140 valence electrons. The largest absolute Gasteiger partial charge is 0.573 e. The first-order valence-electron chi connectivity index (χ1n) is 8.02. The highest BCUT2D eigenvalue weighted by Crippen LogP contribution is 2.29. The Bertz CT molecular complexity index is 738. The minimum absolute atomic E-state index is 0.229. The van der Waals surface area contributed by atoms with Crippen molar-refractivity contribution in [1.29, 1.82) is 0 Å². The summed E-state index contributed by atoms with van der Waals surface area (Å²) in [6.07, 6.45) is -3.66. The van der Waals surface area contributed by atoms with Gasteiger partial charge in [0.15, 0.2) is 0 Å². The predicted octanol–water partition coefficient (Wildman–Crippen LogP) is 2.02. The van der Waals surface area contributed by atoms with E-state index in [1.165, 1.54) is 17.0 Å². The molecule has 2 aliphatic heterocycles. The fourth-order valence-electron chi connectivity index (χ4n) is 3.01. The molecule has 0 aromatic heterocycles. The molecule has 1 aromatic rings. The van der Waals surface area contributed by atoms with Crippen LogP contribution in [0.25, 0.3) is 0 Å². The second kappa shape index (κ2) is 6.85. The fourth-order valence-corrected chi connectivity index (χ4v) is 3.01. The lowest BCUT2D eigenvalue weighted by Crippen LogP contribution is -2.48. The number of hydrogen-bond donors (Lipinski definition) is 1. The van der Waals surface area contributed by atoms with Crippen molar-refractivity contribution < 1.29 is 32.3 Å². The topological polar surface area (TPSA) is 79.0 Å². The standard InChI is InChI=1S/C16H16F3N3O4/c17-16(18,19)26-11-4-1-3-10(9-11)21-8-6-12(14(21)24)20-15(25)22-7-2-5-13(22)23/h1,3-4,9,12H,2,5-8H2,(H,20,25). The summed E-state index contributed by atoms with van der Waals surface area (Å²) in [5.74, 6) is -1.17. The number of benzene rings is 1. The molecule has 3 rings (SSSR count). The molecular weight excluding hydrogens is 355 g/mol. The van der Waals surface area contributed by atoms with Gasteiger partial charge in [-0.25, -0.2) is 4.79 Å². The second-order valence-corrected chi connectivity index (χ2v) is 5.97. The number of rotatable bonds is 3. The number of nitrogens with one attached hydrogen (secondary N) is 1. The summed E-state index contributed by atoms with van der Waals surface area (Å²) in [6.45, 7) is 0.541. The highest BCUT2D eigenvalue weighted by molar-refractivity contribution is 6.03. The Morgan fingerprint density at radius 3 is 2.65 bits per heavy atom. The number of urea groups is 1. The number of amides is 4. The lowest BCUT2D eigenvalue weighted by Gasteiger charge is -2.20. The minimum atomic E-state index is -4.83. The van der Waals surface area contributed by atoms with Gasteiger partial charge in [-0.05, 0) is 25.0 Å². The third-order valence-electron chi connectivity index (χ3n) is 4.18. The minimum Gasteiger partial charge on any atom is -0.406 e. The molecule has 2 aliphatic rings. The Labute approximate surface area is 146 Å². The van der Waals surface area contributed by atoms with Gasteiger partial charge in [0.05, 0.1) is 0 Å². The van der Waals surface area contributed by atoms with E-state index < -0.39 is 30.1 Å². The van der Waals surface area contributed by atoms with Gasteiger partial charge in [-0.15, -0.1) is 13.2 Å². The quantitative estimate of drug-likeness (QED) is 0.882. The number of nitrogens with zero attached hydrogens (tertiary/aromatic N) is 2. The van der Waals surface area contributed by atoms with Crippen molar-refractivity contribution in [1.82, 2.24) is 10.2 Å². The van der Waals surface area contributed by atoms with Crippen molar-refractivity contribution in [2.24, 2.45) is 0 Å². The molecule has 0 aliphatic carbocycles. The zero-order valence-corrected chi connectivity index (χ0v) is 13.6. The van der Waals surface area contributed by atoms with Crippen LogP contribution in [0.3, 0.4) is 0 Å². The van der Waals surface area contributed by atoms with E-state index in [0.717, 1.165) is 17.0 Å². The molecule has 0 radical (unpaired) electrons. The molecule has 1 unspecified atom stereocenters. The smallest absolute Gasteiger partial charge is 0.406 e. The van der Waals surface area contributed by atoms with Crippen LogP contribution in [-0.4, -0.2) is 48.2 Å². The van der Waals surface area contributed by atoms with E-state index in [1.807, 2.05) is 0 Å². The van der Waals surface area contributed by atoms with Crippen LogP contribution in [0, 0.1) is 0 Å². The number of carbonyl (C=O) groups is 3. The van der Waals surface area contributed by atoms with Crippen molar-refractivity contribution in [3.63, 3.8) is 0 Å². The van der Waals surface area contributed by atoms with Gasteiger partial charge in [-0.1, -0.05) is 6.07 Å². The van der Waals surface area contributed by atoms with Gasteiger partial charge in [0, 0.05) is 31.3 Å². The number of alkyl halides is 3. The van der Waals surface area contributed by atoms with Crippen LogP contribution in [0.2, 0.25) is 0 Å². The number of anilines is 1. The van der Waals surface area contributed by atoms with Gasteiger partial charge in [-0.3, -0.25) is 14.5 Å². The van der Waals surface area contributed by atoms with Gasteiger partial charge in [0.25, 0.3) is 0 Å². The van der Waals surface area contributed by atoms with E-state index in [-0.39, 0.29) is 24.6 Å². The summed E-state index contributed by atoms with van der Waals surface area (Å²) in [6, 6.07) is 3.62. The molecule has 26 heavy (non-hydrogen) atoms. The zero-order valence-electron chi connectivity index (χ0n) is 13.6. The molecule has 2 heterocycles. The maximum Gasteiger partial charge on any atom is 0.573 e. The van der Waals surface area contributed by atoms with Gasteiger partial charge >= 0.3 is 12.4 Å². The van der Waals surface area contributed by atoms with E-state index in [1.54, 1.807) is 0 Å². The fraction of sp³-hybridized carbons (Fsp3) is 0.438. The van der Waals surface area contributed by atoms with Crippen LogP contribution in [0.5, 0.6) is 5.75 Å². The Kier molecular flexibility index (Phi) is 4.75. The zero-order chi connectivity index (χ0) is 18.9. The third kappa shape index (κ3) is 3.89. The van der Waals surface area contributed by atoms with Crippen LogP contribution in [0.4, 0.5) is 23.7 Å². The maximum atomic E-state index is 12.5. The van der Waals surface area contributed by atoms with Crippen molar-refractivity contribution in [2.45, 2.75) is 31.7 Å². The molecule has 1 atom stereocenters. The first kappa shape index (κ1) is 18.0. The van der Waals surface area contributed by atoms with Gasteiger partial charge < -0.3 is 15.0 Å². The normalized spacial score (nSPS) is 20.7. The molecule has 1 N–H and O–H groups in total. The maximum absolute atomic E-state index is 12.5. The van der Waals surface area contributed by atoms with E-state index >= 15 is 0 Å². The highest BCUT2D eigenvalue weighted by atomic mass is 19.4. The van der Waals surface area contributed by atoms with E-state index in [0.29, 0.717) is 19.4 Å². The first-order valence-corrected chi connectivity index (χ1v) is 8.02. The second-order valence-electron chi connectivity index (χ2n) is 5.97. The average molecular weight is 371 g/mol. The average Bonchev–Trinajstić information content (AvgIpc) is 3.13. The van der Waals surface area contributed by atoms with Crippen LogP contribution in [-0.2, 0) is 9.59 Å². The van der Waals surface area contributed by atoms with Gasteiger partial charge in [0.2, 0.25) is 11.8 Å². The van der Waals surface area contributed by atoms with E-state index in [2.05, 4.69) is 10.1 Å². The Morgan fingerprint density at radius 1 is 1.23 bits per heavy atom. The van der Waals surface area contributed by atoms with E-state index in [4.69, 9.17) is 0 Å². The molecule has 0 saturated carbocycles. The number of ether oxygens (including phenoxy) is 1. The summed E-state index contributed by atoms with van der Waals surface area (Å²) in [5, 5.41) is 2.52. The highest BCUT2D eigenvalue weighted by Gasteiger charge is 2.37. The van der Waals surface area contributed by atoms with Crippen molar-refractivity contribution in [3.8, 4) is 5.75 Å². The SMILES string of the molecule is O=C1CCCN1C(=O)NC1CCN(c2cccc(OC(F)(F)F)c2)C1=O. The van der Waals surface area contributed by atoms with E-state index in [9.17, 15) is 27.6 Å². The lowest BCUT2D eigenvalue weighted by molar-refractivity contribution is -0.274. The summed E-state index contributed by atoms with van der Waals surface area (Å²) >= 11 is 0. The molecule has 1 aromatic carbocycles. The Morgan fingerprint density at radius 2 is 2.00 bits per heavy atom. The molecule has 7 nitrogen and oxygen atoms in total. The Hall–Kier alpha value is -2.78. The number of hydrogen-bond acceptors (Lipinski definition) is 4. The van der Waals surface area contributed by atoms with Crippen LogP contribution in [0.15, 0.2) is 24.3 Å². The first-order chi connectivity index (χ1) is 12.2. The molecule has 2 saturated heterocycles. The molecular formula is C16H16F3N3O4. The molecule has 4 amide bonds. The summed E-state index contributed by atoms with van der Waals surface area (Å²) < 4.78 is 40.8. The molecule has 0 spiro atoms. The molecule has 2 fully saturated rings. The number of halogens is 3. The number of likely N-dealkylation sites (tertiary alicyclic amines) is 1. The van der Waals surface area contributed by atoms with Crippen LogP contribution in [0.1, 0.15) is 19.3 Å². The third-order valence-corrected chi connectivity index (χ3v) is 4.18.